The van der Waals surface area contributed by atoms with Gasteiger partial charge in [0, 0.05) is 29.2 Å². The van der Waals surface area contributed by atoms with Crippen LogP contribution in [-0.2, 0) is 0 Å². The number of aromatic nitrogens is 1. The van der Waals surface area contributed by atoms with Gasteiger partial charge in [0.25, 0.3) is 5.69 Å². The van der Waals surface area contributed by atoms with Gasteiger partial charge in [-0.05, 0) is 48.9 Å². The Balaban J connectivity index is 1.64. The van der Waals surface area contributed by atoms with Gasteiger partial charge in [0.05, 0.1) is 10.4 Å². The molecule has 6 nitrogen and oxygen atoms in total. The van der Waals surface area contributed by atoms with Crippen molar-refractivity contribution in [2.24, 2.45) is 0 Å². The number of benzene rings is 3. The quantitative estimate of drug-likeness (QED) is 0.212. The van der Waals surface area contributed by atoms with Crippen LogP contribution in [0.4, 0.5) is 11.4 Å². The highest BCUT2D eigenvalue weighted by Crippen LogP contribution is 2.33. The largest absolute Gasteiger partial charge is 0.457 e. The van der Waals surface area contributed by atoms with Gasteiger partial charge in [-0.15, -0.1) is 0 Å². The second kappa shape index (κ2) is 8.39. The number of hydrogen-bond donors (Lipinski definition) is 1. The summed E-state index contributed by atoms with van der Waals surface area (Å²) in [6, 6.07) is 23.3. The van der Waals surface area contributed by atoms with Gasteiger partial charge in [0.1, 0.15) is 16.7 Å². The monoisotopic (exact) mass is 419 g/mol. The van der Waals surface area contributed by atoms with Crippen LogP contribution >= 0.6 is 11.6 Å². The molecule has 0 bridgehead atoms. The summed E-state index contributed by atoms with van der Waals surface area (Å²) in [7, 11) is 0. The Morgan fingerprint density at radius 3 is 2.43 bits per heavy atom. The van der Waals surface area contributed by atoms with Gasteiger partial charge < -0.3 is 10.1 Å². The highest BCUT2D eigenvalue weighted by atomic mass is 35.5. The molecule has 0 fully saturated rings. The zero-order valence-electron chi connectivity index (χ0n) is 16.1. The Kier molecular flexibility index (Phi) is 5.50. The average molecular weight is 420 g/mol. The first-order valence-electron chi connectivity index (χ1n) is 9.34. The Morgan fingerprint density at radius 1 is 1.00 bits per heavy atom. The van der Waals surface area contributed by atoms with Crippen molar-refractivity contribution in [1.82, 2.24) is 4.98 Å². The number of nitro groups is 1. The second-order valence-corrected chi connectivity index (χ2v) is 7.19. The summed E-state index contributed by atoms with van der Waals surface area (Å²) >= 11 is 6.22. The summed E-state index contributed by atoms with van der Waals surface area (Å²) in [5.41, 5.74) is 2.51. The van der Waals surface area contributed by atoms with Crippen molar-refractivity contribution in [2.75, 3.05) is 5.32 Å². The normalized spacial score (nSPS) is 11.8. The number of rotatable bonds is 6. The maximum absolute atomic E-state index is 10.9. The molecule has 1 aromatic heterocycles. The molecule has 3 aromatic carbocycles. The third kappa shape index (κ3) is 4.34. The Labute approximate surface area is 178 Å². The fourth-order valence-electron chi connectivity index (χ4n) is 3.18. The molecule has 4 aromatic rings. The topological polar surface area (TPSA) is 77.3 Å². The van der Waals surface area contributed by atoms with Crippen LogP contribution in [0.3, 0.4) is 0 Å². The van der Waals surface area contributed by atoms with Crippen LogP contribution in [0.5, 0.6) is 11.5 Å². The summed E-state index contributed by atoms with van der Waals surface area (Å²) in [5, 5.41) is 15.5. The molecule has 0 amide bonds. The number of nitrogens with zero attached hydrogens (tertiary/aromatic N) is 2. The highest BCUT2D eigenvalue weighted by Gasteiger charge is 2.13. The van der Waals surface area contributed by atoms with Crippen LogP contribution in [0.15, 0.2) is 78.9 Å². The van der Waals surface area contributed by atoms with E-state index in [1.165, 1.54) is 12.1 Å². The predicted octanol–water partition coefficient (Wildman–Crippen LogP) is 6.76. The van der Waals surface area contributed by atoms with E-state index in [4.69, 9.17) is 16.3 Å². The molecule has 1 atom stereocenters. The van der Waals surface area contributed by atoms with Crippen molar-refractivity contribution in [3.8, 4) is 11.5 Å². The number of para-hydroxylation sites is 1. The van der Waals surface area contributed by atoms with Crippen molar-refractivity contribution < 1.29 is 9.66 Å². The summed E-state index contributed by atoms with van der Waals surface area (Å²) < 4.78 is 5.94. The molecule has 4 rings (SSSR count). The first-order valence-corrected chi connectivity index (χ1v) is 9.71. The molecule has 0 spiro atoms. The van der Waals surface area contributed by atoms with E-state index in [9.17, 15) is 10.1 Å². The number of nitro benzene ring substituents is 1. The van der Waals surface area contributed by atoms with E-state index in [0.29, 0.717) is 10.9 Å². The molecule has 1 N–H and O–H groups in total. The van der Waals surface area contributed by atoms with Crippen molar-refractivity contribution in [3.05, 3.63) is 99.7 Å². The van der Waals surface area contributed by atoms with Crippen LogP contribution in [0.25, 0.3) is 10.9 Å². The number of anilines is 1. The molecule has 0 saturated heterocycles. The summed E-state index contributed by atoms with van der Waals surface area (Å²) in [4.78, 5) is 14.9. The van der Waals surface area contributed by atoms with Gasteiger partial charge in [-0.3, -0.25) is 10.1 Å². The lowest BCUT2D eigenvalue weighted by atomic mass is 10.1. The Morgan fingerprint density at radius 2 is 1.73 bits per heavy atom. The van der Waals surface area contributed by atoms with Gasteiger partial charge in [0.15, 0.2) is 0 Å². The maximum Gasteiger partial charge on any atom is 0.269 e. The molecule has 0 saturated carbocycles. The van der Waals surface area contributed by atoms with Crippen molar-refractivity contribution >= 4 is 33.9 Å². The molecule has 0 aliphatic rings. The number of pyridine rings is 1. The molecule has 150 valence electrons. The second-order valence-electron chi connectivity index (χ2n) is 6.80. The van der Waals surface area contributed by atoms with Crippen LogP contribution < -0.4 is 10.1 Å². The number of halogens is 1. The van der Waals surface area contributed by atoms with Gasteiger partial charge in [-0.25, -0.2) is 4.98 Å². The lowest BCUT2D eigenvalue weighted by molar-refractivity contribution is -0.384. The molecule has 0 radical (unpaired) electrons. The summed E-state index contributed by atoms with van der Waals surface area (Å²) in [6.07, 6.45) is 0. The third-order valence-corrected chi connectivity index (χ3v) is 4.90. The fraction of sp³-hybridized carbons (Fsp3) is 0.0870. The smallest absolute Gasteiger partial charge is 0.269 e. The van der Waals surface area contributed by atoms with Crippen LogP contribution in [0.2, 0.25) is 5.15 Å². The number of ether oxygens (including phenoxy) is 1. The minimum Gasteiger partial charge on any atom is -0.457 e. The molecule has 0 aliphatic carbocycles. The molecule has 1 heterocycles. The zero-order chi connectivity index (χ0) is 21.1. The molecule has 0 aliphatic heterocycles. The molecular formula is C23H18ClN3O3. The molecule has 7 heteroatoms. The molecule has 1 unspecified atom stereocenters. The highest BCUT2D eigenvalue weighted by molar-refractivity contribution is 6.30. The van der Waals surface area contributed by atoms with Crippen LogP contribution in [0.1, 0.15) is 18.5 Å². The SMILES string of the molecule is CC(Nc1cc(Cl)nc2ccc(Oc3ccccc3)cc12)c1ccc([N+](=O)[O-])cc1. The van der Waals surface area contributed by atoms with Crippen molar-refractivity contribution in [2.45, 2.75) is 13.0 Å². The molecular weight excluding hydrogens is 402 g/mol. The lowest BCUT2D eigenvalue weighted by Crippen LogP contribution is -2.07. The minimum absolute atomic E-state index is 0.0612. The van der Waals surface area contributed by atoms with E-state index >= 15 is 0 Å². The van der Waals surface area contributed by atoms with Gasteiger partial charge in [0.2, 0.25) is 0 Å². The van der Waals surface area contributed by atoms with Gasteiger partial charge >= 0.3 is 0 Å². The summed E-state index contributed by atoms with van der Waals surface area (Å²) in [5.74, 6) is 1.43. The summed E-state index contributed by atoms with van der Waals surface area (Å²) in [6.45, 7) is 1.98. The molecule has 30 heavy (non-hydrogen) atoms. The van der Waals surface area contributed by atoms with Crippen molar-refractivity contribution in [1.29, 1.82) is 0 Å². The number of fused-ring (bicyclic) bond motifs is 1. The first kappa shape index (κ1) is 19.7. The minimum atomic E-state index is -0.410. The standard InChI is InChI=1S/C23H18ClN3O3/c1-15(16-7-9-17(10-8-16)27(28)29)25-22-14-23(24)26-21-12-11-19(13-20(21)22)30-18-5-3-2-4-6-18/h2-15H,1H3,(H,25,26). The van der Waals surface area contributed by atoms with E-state index in [1.54, 1.807) is 18.2 Å². The van der Waals surface area contributed by atoms with Crippen molar-refractivity contribution in [3.63, 3.8) is 0 Å². The number of non-ortho nitro benzene ring substituents is 1. The fourth-order valence-corrected chi connectivity index (χ4v) is 3.38. The van der Waals surface area contributed by atoms with Crippen LogP contribution in [0, 0.1) is 10.1 Å². The third-order valence-electron chi connectivity index (χ3n) is 4.70. The number of hydrogen-bond acceptors (Lipinski definition) is 5. The van der Waals surface area contributed by atoms with E-state index < -0.39 is 4.92 Å². The predicted molar refractivity (Wildman–Crippen MR) is 118 cm³/mol. The van der Waals surface area contributed by atoms with E-state index in [-0.39, 0.29) is 11.7 Å². The van der Waals surface area contributed by atoms with E-state index in [0.717, 1.165) is 27.9 Å². The zero-order valence-corrected chi connectivity index (χ0v) is 16.8. The Hall–Kier alpha value is -3.64. The van der Waals surface area contributed by atoms with Crippen LogP contribution in [-0.4, -0.2) is 9.91 Å². The maximum atomic E-state index is 10.9. The van der Waals surface area contributed by atoms with Gasteiger partial charge in [-0.2, -0.15) is 0 Å². The van der Waals surface area contributed by atoms with E-state index in [1.807, 2.05) is 55.5 Å². The first-order chi connectivity index (χ1) is 14.5. The average Bonchev–Trinajstić information content (AvgIpc) is 2.75. The number of nitrogens with one attached hydrogen (secondary N) is 1. The lowest BCUT2D eigenvalue weighted by Gasteiger charge is -2.18. The Bertz CT molecular complexity index is 1200. The van der Waals surface area contributed by atoms with Gasteiger partial charge in [-0.1, -0.05) is 41.9 Å². The van der Waals surface area contributed by atoms with E-state index in [2.05, 4.69) is 10.3 Å².